The molecule has 0 saturated carbocycles. The van der Waals surface area contributed by atoms with Gasteiger partial charge >= 0.3 is 0 Å². The molecule has 4 N–H and O–H groups in total. The van der Waals surface area contributed by atoms with Crippen LogP contribution in [0.15, 0.2) is 29.2 Å². The lowest BCUT2D eigenvalue weighted by atomic mass is 10.1. The second-order valence-corrected chi connectivity index (χ2v) is 6.64. The first kappa shape index (κ1) is 16.6. The highest BCUT2D eigenvalue weighted by molar-refractivity contribution is 7.89. The second-order valence-electron chi connectivity index (χ2n) is 4.75. The van der Waals surface area contributed by atoms with E-state index in [4.69, 9.17) is 5.73 Å². The molecule has 1 aromatic carbocycles. The molecule has 0 aliphatic heterocycles. The van der Waals surface area contributed by atoms with Gasteiger partial charge < -0.3 is 11.1 Å². The molecule has 0 spiro atoms. The Bertz CT molecular complexity index is 570. The van der Waals surface area contributed by atoms with Crippen LogP contribution >= 0.6 is 0 Å². The summed E-state index contributed by atoms with van der Waals surface area (Å²) in [6.45, 7) is 3.55. The summed E-state index contributed by atoms with van der Waals surface area (Å²) in [6, 6.07) is 5.97. The molecule has 1 amide bonds. The zero-order chi connectivity index (χ0) is 15.3. The smallest absolute Gasteiger partial charge is 0.240 e. The van der Waals surface area contributed by atoms with Crippen molar-refractivity contribution in [3.8, 4) is 0 Å². The predicted molar refractivity (Wildman–Crippen MR) is 77.5 cm³/mol. The number of carbonyl (C=O) groups excluding carboxylic acids is 1. The second kappa shape index (κ2) is 6.83. The van der Waals surface area contributed by atoms with Gasteiger partial charge in [0, 0.05) is 12.5 Å². The minimum Gasteiger partial charge on any atom is -0.350 e. The van der Waals surface area contributed by atoms with Gasteiger partial charge in [0.15, 0.2) is 0 Å². The Balaban J connectivity index is 2.87. The molecule has 2 unspecified atom stereocenters. The first-order valence-electron chi connectivity index (χ1n) is 6.34. The summed E-state index contributed by atoms with van der Waals surface area (Å²) in [6.07, 6.45) is 0.235. The van der Waals surface area contributed by atoms with E-state index >= 15 is 0 Å². The maximum Gasteiger partial charge on any atom is 0.240 e. The van der Waals surface area contributed by atoms with E-state index in [1.54, 1.807) is 32.0 Å². The van der Waals surface area contributed by atoms with Crippen molar-refractivity contribution in [1.29, 1.82) is 0 Å². The number of amides is 1. The Morgan fingerprint density at radius 2 is 2.00 bits per heavy atom. The highest BCUT2D eigenvalue weighted by Gasteiger charge is 2.15. The molecule has 0 radical (unpaired) electrons. The topological polar surface area (TPSA) is 101 Å². The fourth-order valence-electron chi connectivity index (χ4n) is 1.75. The van der Waals surface area contributed by atoms with Crippen molar-refractivity contribution in [2.24, 2.45) is 5.73 Å². The Hall–Kier alpha value is -1.44. The number of benzene rings is 1. The standard InChI is InChI=1S/C13H21N3O3S/c1-9(14)7-13(17)16-10(2)11-5-4-6-12(8-11)20(18,19)15-3/h4-6,8-10,15H,7,14H2,1-3H3,(H,16,17). The molecule has 0 bridgehead atoms. The number of carbonyl (C=O) groups is 1. The van der Waals surface area contributed by atoms with Crippen molar-refractivity contribution >= 4 is 15.9 Å². The first-order valence-corrected chi connectivity index (χ1v) is 7.83. The summed E-state index contributed by atoms with van der Waals surface area (Å²) in [5.74, 6) is -0.158. The zero-order valence-electron chi connectivity index (χ0n) is 11.9. The average Bonchev–Trinajstić information content (AvgIpc) is 2.37. The van der Waals surface area contributed by atoms with Gasteiger partial charge in [-0.3, -0.25) is 4.79 Å². The van der Waals surface area contributed by atoms with Gasteiger partial charge in [0.25, 0.3) is 0 Å². The molecule has 6 nitrogen and oxygen atoms in total. The quantitative estimate of drug-likeness (QED) is 0.712. The molecule has 1 aromatic rings. The highest BCUT2D eigenvalue weighted by Crippen LogP contribution is 2.17. The van der Waals surface area contributed by atoms with Crippen molar-refractivity contribution in [2.45, 2.75) is 37.2 Å². The van der Waals surface area contributed by atoms with Gasteiger partial charge in [0.1, 0.15) is 0 Å². The normalized spacial score (nSPS) is 14.6. The van der Waals surface area contributed by atoms with Crippen LogP contribution in [0, 0.1) is 0 Å². The maximum atomic E-state index is 11.7. The van der Waals surface area contributed by atoms with Gasteiger partial charge in [0.2, 0.25) is 15.9 Å². The highest BCUT2D eigenvalue weighted by atomic mass is 32.2. The summed E-state index contributed by atoms with van der Waals surface area (Å²) >= 11 is 0. The lowest BCUT2D eigenvalue weighted by molar-refractivity contribution is -0.122. The van der Waals surface area contributed by atoms with E-state index in [2.05, 4.69) is 10.0 Å². The maximum absolute atomic E-state index is 11.7. The third kappa shape index (κ3) is 4.59. The van der Waals surface area contributed by atoms with Crippen molar-refractivity contribution in [2.75, 3.05) is 7.05 Å². The third-order valence-corrected chi connectivity index (χ3v) is 4.23. The molecule has 0 saturated heterocycles. The summed E-state index contributed by atoms with van der Waals surface area (Å²) in [5.41, 5.74) is 6.28. The minimum atomic E-state index is -3.48. The largest absolute Gasteiger partial charge is 0.350 e. The van der Waals surface area contributed by atoms with E-state index in [9.17, 15) is 13.2 Å². The Labute approximate surface area is 119 Å². The Kier molecular flexibility index (Phi) is 5.67. The zero-order valence-corrected chi connectivity index (χ0v) is 12.7. The van der Waals surface area contributed by atoms with Gasteiger partial charge in [-0.15, -0.1) is 0 Å². The molecular weight excluding hydrogens is 278 g/mol. The number of rotatable bonds is 6. The van der Waals surface area contributed by atoms with E-state index in [-0.39, 0.29) is 29.3 Å². The van der Waals surface area contributed by atoms with Crippen LogP contribution in [-0.4, -0.2) is 27.4 Å². The molecule has 7 heteroatoms. The lowest BCUT2D eigenvalue weighted by Gasteiger charge is -2.16. The van der Waals surface area contributed by atoms with Crippen LogP contribution in [0.25, 0.3) is 0 Å². The average molecular weight is 299 g/mol. The molecule has 112 valence electrons. The molecule has 0 aliphatic rings. The van der Waals surface area contributed by atoms with Gasteiger partial charge in [-0.05, 0) is 38.6 Å². The minimum absolute atomic E-state index is 0.158. The van der Waals surface area contributed by atoms with Gasteiger partial charge in [-0.25, -0.2) is 13.1 Å². The first-order chi connectivity index (χ1) is 9.26. The monoisotopic (exact) mass is 299 g/mol. The van der Waals surface area contributed by atoms with Crippen molar-refractivity contribution < 1.29 is 13.2 Å². The molecule has 0 fully saturated rings. The Morgan fingerprint density at radius 1 is 1.35 bits per heavy atom. The van der Waals surface area contributed by atoms with E-state index in [1.165, 1.54) is 13.1 Å². The Morgan fingerprint density at radius 3 is 2.55 bits per heavy atom. The van der Waals surface area contributed by atoms with E-state index in [0.717, 1.165) is 5.56 Å². The van der Waals surface area contributed by atoms with E-state index in [0.29, 0.717) is 0 Å². The molecule has 2 atom stereocenters. The van der Waals surface area contributed by atoms with Crippen LogP contribution in [0.1, 0.15) is 31.9 Å². The van der Waals surface area contributed by atoms with Crippen LogP contribution in [0.5, 0.6) is 0 Å². The molecule has 20 heavy (non-hydrogen) atoms. The fraction of sp³-hybridized carbons (Fsp3) is 0.462. The van der Waals surface area contributed by atoms with Gasteiger partial charge in [-0.2, -0.15) is 0 Å². The van der Waals surface area contributed by atoms with Crippen LogP contribution in [0.2, 0.25) is 0 Å². The number of sulfonamides is 1. The molecule has 0 aromatic heterocycles. The molecule has 1 rings (SSSR count). The van der Waals surface area contributed by atoms with Crippen molar-refractivity contribution in [3.05, 3.63) is 29.8 Å². The number of hydrogen-bond donors (Lipinski definition) is 3. The van der Waals surface area contributed by atoms with Gasteiger partial charge in [-0.1, -0.05) is 12.1 Å². The van der Waals surface area contributed by atoms with Crippen LogP contribution in [0.3, 0.4) is 0 Å². The van der Waals surface area contributed by atoms with Crippen LogP contribution in [-0.2, 0) is 14.8 Å². The number of nitrogens with one attached hydrogen (secondary N) is 2. The fourth-order valence-corrected chi connectivity index (χ4v) is 2.53. The third-order valence-electron chi connectivity index (χ3n) is 2.82. The summed E-state index contributed by atoms with van der Waals surface area (Å²) in [5, 5.41) is 2.79. The predicted octanol–water partition coefficient (Wildman–Crippen LogP) is 0.509. The van der Waals surface area contributed by atoms with Gasteiger partial charge in [0.05, 0.1) is 10.9 Å². The molecule has 0 aliphatic carbocycles. The number of hydrogen-bond acceptors (Lipinski definition) is 4. The molecular formula is C13H21N3O3S. The summed E-state index contributed by atoms with van der Waals surface area (Å²) in [7, 11) is -2.13. The van der Waals surface area contributed by atoms with Crippen molar-refractivity contribution in [3.63, 3.8) is 0 Å². The van der Waals surface area contributed by atoms with Crippen LogP contribution < -0.4 is 15.8 Å². The number of nitrogens with two attached hydrogens (primary N) is 1. The van der Waals surface area contributed by atoms with E-state index in [1.807, 2.05) is 0 Å². The molecule has 0 heterocycles. The lowest BCUT2D eigenvalue weighted by Crippen LogP contribution is -2.31. The van der Waals surface area contributed by atoms with Crippen LogP contribution in [0.4, 0.5) is 0 Å². The van der Waals surface area contributed by atoms with Crippen molar-refractivity contribution in [1.82, 2.24) is 10.0 Å². The van der Waals surface area contributed by atoms with E-state index < -0.39 is 10.0 Å². The SMILES string of the molecule is CNS(=O)(=O)c1cccc(C(C)NC(=O)CC(C)N)c1. The summed E-state index contributed by atoms with van der Waals surface area (Å²) < 4.78 is 25.7. The summed E-state index contributed by atoms with van der Waals surface area (Å²) in [4.78, 5) is 11.8.